The van der Waals surface area contributed by atoms with Crippen molar-refractivity contribution in [2.75, 3.05) is 5.32 Å². The van der Waals surface area contributed by atoms with E-state index in [1.54, 1.807) is 24.4 Å². The number of pyridine rings is 1. The topological polar surface area (TPSA) is 54.4 Å². The quantitative estimate of drug-likeness (QED) is 0.280. The van der Waals surface area contributed by atoms with Crippen LogP contribution in [0.5, 0.6) is 0 Å². The maximum Gasteiger partial charge on any atom is 0.256 e. The van der Waals surface area contributed by atoms with Gasteiger partial charge in [0, 0.05) is 23.5 Å². The molecule has 0 unspecified atom stereocenters. The van der Waals surface area contributed by atoms with E-state index < -0.39 is 0 Å². The highest BCUT2D eigenvalue weighted by atomic mass is 16.1. The van der Waals surface area contributed by atoms with E-state index in [1.807, 2.05) is 54.7 Å². The van der Waals surface area contributed by atoms with Crippen molar-refractivity contribution in [3.05, 3.63) is 114 Å². The Balaban J connectivity index is 1.50. The van der Waals surface area contributed by atoms with Crippen molar-refractivity contribution in [2.24, 2.45) is 4.99 Å². The fourth-order valence-electron chi connectivity index (χ4n) is 3.68. The molecule has 5 aromatic rings. The van der Waals surface area contributed by atoms with Crippen LogP contribution in [0.3, 0.4) is 0 Å². The van der Waals surface area contributed by atoms with Gasteiger partial charge in [0.25, 0.3) is 5.91 Å². The van der Waals surface area contributed by atoms with E-state index in [0.717, 1.165) is 16.3 Å². The van der Waals surface area contributed by atoms with Crippen molar-refractivity contribution >= 4 is 45.2 Å². The molecule has 1 aromatic heterocycles. The number of hydrogen-bond donors (Lipinski definition) is 1. The number of nitrogens with zero attached hydrogens (tertiary/aromatic N) is 2. The zero-order chi connectivity index (χ0) is 21.0. The first-order chi connectivity index (χ1) is 15.3. The van der Waals surface area contributed by atoms with Crippen molar-refractivity contribution in [1.82, 2.24) is 4.98 Å². The number of aliphatic imine (C=N–C) groups is 1. The monoisotopic (exact) mass is 401 g/mol. The maximum atomic E-state index is 12.6. The molecule has 148 valence electrons. The predicted molar refractivity (Wildman–Crippen MR) is 127 cm³/mol. The summed E-state index contributed by atoms with van der Waals surface area (Å²) in [6.45, 7) is 0. The van der Waals surface area contributed by atoms with Gasteiger partial charge in [-0.05, 0) is 57.9 Å². The molecule has 0 saturated carbocycles. The van der Waals surface area contributed by atoms with Gasteiger partial charge in [-0.25, -0.2) is 4.98 Å². The molecular formula is C27H19N3O. The summed E-state index contributed by atoms with van der Waals surface area (Å²) in [5.41, 5.74) is 2.31. The third-order valence-corrected chi connectivity index (χ3v) is 5.17. The minimum absolute atomic E-state index is 0.216. The summed E-state index contributed by atoms with van der Waals surface area (Å²) in [6.07, 6.45) is 3.53. The summed E-state index contributed by atoms with van der Waals surface area (Å²) in [5, 5.41) is 7.44. The molecule has 0 fully saturated rings. The van der Waals surface area contributed by atoms with Crippen molar-refractivity contribution < 1.29 is 4.79 Å². The molecule has 4 aromatic carbocycles. The minimum atomic E-state index is -0.216. The van der Waals surface area contributed by atoms with Gasteiger partial charge in [0.2, 0.25) is 0 Å². The van der Waals surface area contributed by atoms with E-state index in [-0.39, 0.29) is 5.91 Å². The molecule has 5 rings (SSSR count). The Morgan fingerprint density at radius 3 is 2.19 bits per heavy atom. The maximum absolute atomic E-state index is 12.6. The van der Waals surface area contributed by atoms with Crippen LogP contribution in [0.15, 0.2) is 108 Å². The number of carbonyl (C=O) groups excluding carboxylic acids is 1. The van der Waals surface area contributed by atoms with Crippen LogP contribution in [0.2, 0.25) is 0 Å². The number of hydrogen-bond acceptors (Lipinski definition) is 3. The zero-order valence-corrected chi connectivity index (χ0v) is 16.7. The molecule has 0 spiro atoms. The molecule has 0 radical (unpaired) electrons. The largest absolute Gasteiger partial charge is 0.307 e. The fraction of sp³-hybridized carbons (Fsp3) is 0. The van der Waals surface area contributed by atoms with Crippen molar-refractivity contribution in [3.8, 4) is 0 Å². The van der Waals surface area contributed by atoms with Gasteiger partial charge in [-0.15, -0.1) is 0 Å². The standard InChI is InChI=1S/C27H19N3O/c31-27(30-26-14-5-6-15-28-26)21-10-7-11-22(17-21)29-18-25-23-12-3-1-8-19(23)16-20-9-2-4-13-24(20)25/h1-18H,(H,28,30,31). The summed E-state index contributed by atoms with van der Waals surface area (Å²) < 4.78 is 0. The predicted octanol–water partition coefficient (Wildman–Crippen LogP) is 6.39. The number of aromatic nitrogens is 1. The van der Waals surface area contributed by atoms with Gasteiger partial charge in [0.15, 0.2) is 0 Å². The summed E-state index contributed by atoms with van der Waals surface area (Å²) in [7, 11) is 0. The second kappa shape index (κ2) is 8.20. The second-order valence-electron chi connectivity index (χ2n) is 7.21. The Hall–Kier alpha value is -4.31. The van der Waals surface area contributed by atoms with Crippen molar-refractivity contribution in [2.45, 2.75) is 0 Å². The number of rotatable bonds is 4. The van der Waals surface area contributed by atoms with Crippen LogP contribution >= 0.6 is 0 Å². The molecule has 0 aliphatic carbocycles. The van der Waals surface area contributed by atoms with Crippen LogP contribution in [0, 0.1) is 0 Å². The van der Waals surface area contributed by atoms with E-state index in [2.05, 4.69) is 40.6 Å². The lowest BCUT2D eigenvalue weighted by Crippen LogP contribution is -2.12. The number of nitrogens with one attached hydrogen (secondary N) is 1. The molecule has 0 bridgehead atoms. The minimum Gasteiger partial charge on any atom is -0.307 e. The van der Waals surface area contributed by atoms with Crippen LogP contribution in [-0.4, -0.2) is 17.1 Å². The average Bonchev–Trinajstić information content (AvgIpc) is 2.82. The fourth-order valence-corrected chi connectivity index (χ4v) is 3.68. The Kier molecular flexibility index (Phi) is 4.95. The molecule has 31 heavy (non-hydrogen) atoms. The molecule has 1 N–H and O–H groups in total. The summed E-state index contributed by atoms with van der Waals surface area (Å²) in [4.78, 5) is 21.4. The number of benzene rings is 4. The van der Waals surface area contributed by atoms with Gasteiger partial charge >= 0.3 is 0 Å². The zero-order valence-electron chi connectivity index (χ0n) is 16.7. The lowest BCUT2D eigenvalue weighted by atomic mass is 9.97. The van der Waals surface area contributed by atoms with Gasteiger partial charge in [-0.3, -0.25) is 9.79 Å². The Morgan fingerprint density at radius 1 is 0.774 bits per heavy atom. The van der Waals surface area contributed by atoms with Crippen molar-refractivity contribution in [1.29, 1.82) is 0 Å². The molecule has 0 saturated heterocycles. The van der Waals surface area contributed by atoms with Crippen LogP contribution in [-0.2, 0) is 0 Å². The first-order valence-electron chi connectivity index (χ1n) is 10.0. The van der Waals surface area contributed by atoms with Gasteiger partial charge in [-0.2, -0.15) is 0 Å². The Labute approximate surface area is 179 Å². The van der Waals surface area contributed by atoms with Crippen LogP contribution in [0.25, 0.3) is 21.5 Å². The molecule has 0 aliphatic heterocycles. The van der Waals surface area contributed by atoms with Gasteiger partial charge in [0.1, 0.15) is 5.82 Å². The highest BCUT2D eigenvalue weighted by Gasteiger charge is 2.08. The molecule has 1 amide bonds. The van der Waals surface area contributed by atoms with E-state index in [4.69, 9.17) is 4.99 Å². The molecule has 0 atom stereocenters. The highest BCUT2D eigenvalue weighted by Crippen LogP contribution is 2.28. The van der Waals surface area contributed by atoms with Crippen molar-refractivity contribution in [3.63, 3.8) is 0 Å². The third-order valence-electron chi connectivity index (χ3n) is 5.17. The molecule has 4 heteroatoms. The summed E-state index contributed by atoms with van der Waals surface area (Å²) in [6, 6.07) is 31.5. The Morgan fingerprint density at radius 2 is 1.48 bits per heavy atom. The molecular weight excluding hydrogens is 382 g/mol. The van der Waals surface area contributed by atoms with Gasteiger partial charge in [-0.1, -0.05) is 60.7 Å². The van der Waals surface area contributed by atoms with E-state index >= 15 is 0 Å². The molecule has 4 nitrogen and oxygen atoms in total. The molecule has 0 aliphatic rings. The first-order valence-corrected chi connectivity index (χ1v) is 10.0. The van der Waals surface area contributed by atoms with Gasteiger partial charge in [0.05, 0.1) is 5.69 Å². The van der Waals surface area contributed by atoms with Gasteiger partial charge < -0.3 is 5.32 Å². The highest BCUT2D eigenvalue weighted by molar-refractivity contribution is 6.13. The van der Waals surface area contributed by atoms with E-state index in [1.165, 1.54) is 10.8 Å². The summed E-state index contributed by atoms with van der Waals surface area (Å²) in [5.74, 6) is 0.301. The smallest absolute Gasteiger partial charge is 0.256 e. The summed E-state index contributed by atoms with van der Waals surface area (Å²) >= 11 is 0. The number of fused-ring (bicyclic) bond motifs is 2. The SMILES string of the molecule is O=C(Nc1ccccn1)c1cccc(N=Cc2c3ccccc3cc3ccccc23)c1. The second-order valence-corrected chi connectivity index (χ2v) is 7.21. The number of amides is 1. The number of carbonyl (C=O) groups is 1. The number of anilines is 1. The Bertz CT molecular complexity index is 1370. The third kappa shape index (κ3) is 3.91. The van der Waals surface area contributed by atoms with Crippen LogP contribution < -0.4 is 5.32 Å². The van der Waals surface area contributed by atoms with Crippen LogP contribution in [0.4, 0.5) is 11.5 Å². The molecule has 1 heterocycles. The normalized spacial score (nSPS) is 11.2. The average molecular weight is 401 g/mol. The van der Waals surface area contributed by atoms with Crippen LogP contribution in [0.1, 0.15) is 15.9 Å². The van der Waals surface area contributed by atoms with E-state index in [0.29, 0.717) is 17.1 Å². The first kappa shape index (κ1) is 18.7. The lowest BCUT2D eigenvalue weighted by molar-refractivity contribution is 0.102. The van der Waals surface area contributed by atoms with E-state index in [9.17, 15) is 4.79 Å². The lowest BCUT2D eigenvalue weighted by Gasteiger charge is -2.08.